The average molecular weight is 442 g/mol. The van der Waals surface area contributed by atoms with Gasteiger partial charge < -0.3 is 4.74 Å². The minimum atomic E-state index is -0.484. The highest BCUT2D eigenvalue weighted by Crippen LogP contribution is 2.28. The largest absolute Gasteiger partial charge is 0.456 e. The Morgan fingerprint density at radius 1 is 1.06 bits per heavy atom. The number of hydrogen-bond acceptors (Lipinski definition) is 6. The number of hydrogen-bond donors (Lipinski definition) is 0. The number of ether oxygens (including phenoxy) is 1. The molecule has 3 heterocycles. The normalized spacial score (nSPS) is 11.2. The molecule has 7 heteroatoms. The quantitative estimate of drug-likeness (QED) is 0.369. The molecule has 0 saturated carbocycles. The number of rotatable bonds is 4. The third-order valence-electron chi connectivity index (χ3n) is 5.30. The standard InChI is InChI=1S/C25H19N3O3S/c1-15-7-8-18(16(2)11-15)22-13-20(19-5-3-4-6-21(19)27-22)24(30)31-14-17-12-23(29)28-9-10-32-25(28)26-17/h3-13H,14H2,1-2H3. The van der Waals surface area contributed by atoms with Crippen LogP contribution in [0.3, 0.4) is 0 Å². The Hall–Kier alpha value is -3.84. The second-order valence-electron chi connectivity index (χ2n) is 7.61. The van der Waals surface area contributed by atoms with Gasteiger partial charge in [-0.1, -0.05) is 42.0 Å². The van der Waals surface area contributed by atoms with Crippen molar-refractivity contribution in [3.05, 3.63) is 98.9 Å². The zero-order valence-corrected chi connectivity index (χ0v) is 18.3. The predicted molar refractivity (Wildman–Crippen MR) is 125 cm³/mol. The maximum absolute atomic E-state index is 13.1. The highest BCUT2D eigenvalue weighted by atomic mass is 32.1. The average Bonchev–Trinajstić information content (AvgIpc) is 3.26. The van der Waals surface area contributed by atoms with Crippen molar-refractivity contribution in [2.45, 2.75) is 20.5 Å². The van der Waals surface area contributed by atoms with E-state index >= 15 is 0 Å². The van der Waals surface area contributed by atoms with Gasteiger partial charge in [0.25, 0.3) is 5.56 Å². The van der Waals surface area contributed by atoms with Gasteiger partial charge in [-0.05, 0) is 31.5 Å². The highest BCUT2D eigenvalue weighted by Gasteiger charge is 2.17. The van der Waals surface area contributed by atoms with E-state index in [1.54, 1.807) is 17.6 Å². The number of carbonyl (C=O) groups excluding carboxylic acids is 1. The fraction of sp³-hybridized carbons (Fsp3) is 0.120. The lowest BCUT2D eigenvalue weighted by molar-refractivity contribution is 0.0470. The Morgan fingerprint density at radius 3 is 2.75 bits per heavy atom. The molecule has 0 amide bonds. The first kappa shape index (κ1) is 20.1. The molecule has 0 aliphatic heterocycles. The van der Waals surface area contributed by atoms with Crippen LogP contribution in [0.2, 0.25) is 0 Å². The number of benzene rings is 2. The Labute approximate surface area is 187 Å². The van der Waals surface area contributed by atoms with Crippen LogP contribution in [0.15, 0.2) is 71.0 Å². The van der Waals surface area contributed by atoms with Gasteiger partial charge in [0.15, 0.2) is 4.96 Å². The maximum atomic E-state index is 13.1. The van der Waals surface area contributed by atoms with E-state index in [2.05, 4.69) is 11.1 Å². The zero-order chi connectivity index (χ0) is 22.2. The molecule has 5 aromatic rings. The van der Waals surface area contributed by atoms with Gasteiger partial charge in [-0.2, -0.15) is 0 Å². The molecular formula is C25H19N3O3S. The van der Waals surface area contributed by atoms with Crippen LogP contribution < -0.4 is 5.56 Å². The van der Waals surface area contributed by atoms with Crippen LogP contribution in [0.25, 0.3) is 27.1 Å². The summed E-state index contributed by atoms with van der Waals surface area (Å²) in [5.74, 6) is -0.484. The van der Waals surface area contributed by atoms with E-state index in [4.69, 9.17) is 9.72 Å². The van der Waals surface area contributed by atoms with Crippen molar-refractivity contribution in [1.29, 1.82) is 0 Å². The van der Waals surface area contributed by atoms with Gasteiger partial charge in [0.05, 0.1) is 22.5 Å². The van der Waals surface area contributed by atoms with Crippen molar-refractivity contribution in [1.82, 2.24) is 14.4 Å². The number of carbonyl (C=O) groups is 1. The van der Waals surface area contributed by atoms with E-state index in [-0.39, 0.29) is 12.2 Å². The lowest BCUT2D eigenvalue weighted by atomic mass is 9.99. The van der Waals surface area contributed by atoms with Crippen LogP contribution in [-0.4, -0.2) is 20.3 Å². The number of pyridine rings is 1. The topological polar surface area (TPSA) is 73.6 Å². The van der Waals surface area contributed by atoms with Crippen LogP contribution >= 0.6 is 11.3 Å². The van der Waals surface area contributed by atoms with Crippen molar-refractivity contribution >= 4 is 33.2 Å². The van der Waals surface area contributed by atoms with Gasteiger partial charge in [-0.15, -0.1) is 11.3 Å². The van der Waals surface area contributed by atoms with Crippen LogP contribution in [0, 0.1) is 13.8 Å². The van der Waals surface area contributed by atoms with Crippen LogP contribution in [0.1, 0.15) is 27.2 Å². The first-order chi connectivity index (χ1) is 15.5. The van der Waals surface area contributed by atoms with Gasteiger partial charge in [0.2, 0.25) is 0 Å². The van der Waals surface area contributed by atoms with Gasteiger partial charge in [0, 0.05) is 28.6 Å². The van der Waals surface area contributed by atoms with E-state index in [0.717, 1.165) is 16.7 Å². The summed E-state index contributed by atoms with van der Waals surface area (Å²) < 4.78 is 7.03. The Balaban J connectivity index is 1.51. The molecule has 0 atom stereocenters. The van der Waals surface area contributed by atoms with Crippen molar-refractivity contribution < 1.29 is 9.53 Å². The molecule has 0 bridgehead atoms. The van der Waals surface area contributed by atoms with Crippen LogP contribution in [0.4, 0.5) is 0 Å². The molecular weight excluding hydrogens is 422 g/mol. The number of aryl methyl sites for hydroxylation is 2. The van der Waals surface area contributed by atoms with Gasteiger partial charge >= 0.3 is 5.97 Å². The van der Waals surface area contributed by atoms with Crippen LogP contribution in [0.5, 0.6) is 0 Å². The second-order valence-corrected chi connectivity index (χ2v) is 8.48. The zero-order valence-electron chi connectivity index (χ0n) is 17.5. The predicted octanol–water partition coefficient (Wildman–Crippen LogP) is 4.95. The number of fused-ring (bicyclic) bond motifs is 2. The summed E-state index contributed by atoms with van der Waals surface area (Å²) in [4.78, 5) is 35.0. The molecule has 32 heavy (non-hydrogen) atoms. The highest BCUT2D eigenvalue weighted by molar-refractivity contribution is 7.15. The first-order valence-corrected chi connectivity index (χ1v) is 11.0. The molecule has 0 aliphatic rings. The first-order valence-electron chi connectivity index (χ1n) is 10.1. The molecule has 5 rings (SSSR count). The summed E-state index contributed by atoms with van der Waals surface area (Å²) >= 11 is 1.35. The summed E-state index contributed by atoms with van der Waals surface area (Å²) in [6.45, 7) is 3.99. The molecule has 0 saturated heterocycles. The minimum absolute atomic E-state index is 0.0853. The van der Waals surface area contributed by atoms with Crippen molar-refractivity contribution in [2.24, 2.45) is 0 Å². The fourth-order valence-electron chi connectivity index (χ4n) is 3.76. The summed E-state index contributed by atoms with van der Waals surface area (Å²) in [6.07, 6.45) is 1.67. The summed E-state index contributed by atoms with van der Waals surface area (Å²) in [5.41, 5.74) is 5.29. The van der Waals surface area contributed by atoms with Crippen molar-refractivity contribution in [2.75, 3.05) is 0 Å². The van der Waals surface area contributed by atoms with E-state index < -0.39 is 5.97 Å². The summed E-state index contributed by atoms with van der Waals surface area (Å²) in [7, 11) is 0. The Morgan fingerprint density at radius 2 is 1.91 bits per heavy atom. The molecule has 0 fully saturated rings. The van der Waals surface area contributed by atoms with Crippen molar-refractivity contribution in [3.8, 4) is 11.3 Å². The lowest BCUT2D eigenvalue weighted by Gasteiger charge is -2.12. The number of para-hydroxylation sites is 1. The molecule has 0 unspecified atom stereocenters. The lowest BCUT2D eigenvalue weighted by Crippen LogP contribution is -2.15. The monoisotopic (exact) mass is 441 g/mol. The summed E-state index contributed by atoms with van der Waals surface area (Å²) in [6, 6.07) is 16.8. The van der Waals surface area contributed by atoms with E-state index in [1.165, 1.54) is 21.8 Å². The molecule has 6 nitrogen and oxygen atoms in total. The molecule has 0 radical (unpaired) electrons. The molecule has 0 aliphatic carbocycles. The van der Waals surface area contributed by atoms with Crippen LogP contribution in [-0.2, 0) is 11.3 Å². The minimum Gasteiger partial charge on any atom is -0.456 e. The van der Waals surface area contributed by atoms with E-state index in [9.17, 15) is 9.59 Å². The number of nitrogens with zero attached hydrogens (tertiary/aromatic N) is 3. The molecule has 0 N–H and O–H groups in total. The third kappa shape index (κ3) is 3.67. The number of aromatic nitrogens is 3. The molecule has 0 spiro atoms. The number of esters is 1. The van der Waals surface area contributed by atoms with Crippen molar-refractivity contribution in [3.63, 3.8) is 0 Å². The van der Waals surface area contributed by atoms with Gasteiger partial charge in [-0.3, -0.25) is 9.20 Å². The maximum Gasteiger partial charge on any atom is 0.339 e. The fourth-order valence-corrected chi connectivity index (χ4v) is 4.50. The smallest absolute Gasteiger partial charge is 0.339 e. The Bertz CT molecular complexity index is 1550. The molecule has 2 aromatic carbocycles. The number of thiazole rings is 1. The molecule has 3 aromatic heterocycles. The van der Waals surface area contributed by atoms with Gasteiger partial charge in [0.1, 0.15) is 6.61 Å². The SMILES string of the molecule is Cc1ccc(-c2cc(C(=O)OCc3cc(=O)n4ccsc4n3)c3ccccc3n2)c(C)c1. The van der Waals surface area contributed by atoms with E-state index in [1.807, 2.05) is 50.2 Å². The van der Waals surface area contributed by atoms with Gasteiger partial charge in [-0.25, -0.2) is 14.8 Å². The van der Waals surface area contributed by atoms with E-state index in [0.29, 0.717) is 32.8 Å². The second kappa shape index (κ2) is 8.01. The summed E-state index contributed by atoms with van der Waals surface area (Å²) in [5, 5.41) is 2.50. The molecule has 158 valence electrons. The Kier molecular flexibility index (Phi) is 5.03. The third-order valence-corrected chi connectivity index (χ3v) is 6.06.